The zero-order valence-corrected chi connectivity index (χ0v) is 16.2. The van der Waals surface area contributed by atoms with Crippen LogP contribution in [0.25, 0.3) is 5.69 Å². The third kappa shape index (κ3) is 3.96. The second kappa shape index (κ2) is 6.94. The molecule has 0 bridgehead atoms. The predicted molar refractivity (Wildman–Crippen MR) is 99.2 cm³/mol. The average Bonchev–Trinajstić information content (AvgIpc) is 3.26. The molecule has 0 unspecified atom stereocenters. The van der Waals surface area contributed by atoms with E-state index >= 15 is 0 Å². The Morgan fingerprint density at radius 2 is 1.81 bits per heavy atom. The van der Waals surface area contributed by atoms with Crippen molar-refractivity contribution in [3.8, 4) is 5.69 Å². The lowest BCUT2D eigenvalue weighted by atomic mass is 10.1. The number of primary sulfonamides is 1. The highest BCUT2D eigenvalue weighted by Crippen LogP contribution is 2.38. The zero-order valence-electron chi connectivity index (χ0n) is 15.4. The summed E-state index contributed by atoms with van der Waals surface area (Å²) in [5, 5.41) is 5.12. The number of aromatic nitrogens is 1. The molecule has 1 aliphatic rings. The van der Waals surface area contributed by atoms with Gasteiger partial charge in [-0.25, -0.2) is 13.6 Å². The van der Waals surface area contributed by atoms with Crippen LogP contribution in [0.5, 0.6) is 0 Å². The molecule has 0 amide bonds. The lowest BCUT2D eigenvalue weighted by Gasteiger charge is -2.10. The van der Waals surface area contributed by atoms with Crippen molar-refractivity contribution in [2.75, 3.05) is 6.61 Å². The first kappa shape index (κ1) is 19.3. The van der Waals surface area contributed by atoms with Gasteiger partial charge in [0.05, 0.1) is 10.8 Å². The average molecular weight is 390 g/mol. The van der Waals surface area contributed by atoms with Crippen LogP contribution in [0, 0.1) is 25.7 Å². The Kier molecular flexibility index (Phi) is 4.96. The molecule has 2 aromatic rings. The van der Waals surface area contributed by atoms with E-state index in [1.165, 1.54) is 12.1 Å². The summed E-state index contributed by atoms with van der Waals surface area (Å²) in [6.45, 7) is 5.33. The summed E-state index contributed by atoms with van der Waals surface area (Å²) in [7, 11) is -3.76. The molecule has 1 aliphatic carbocycles. The fourth-order valence-electron chi connectivity index (χ4n) is 3.20. The van der Waals surface area contributed by atoms with Crippen LogP contribution in [0.2, 0.25) is 0 Å². The molecule has 0 aliphatic heterocycles. The minimum absolute atomic E-state index is 0.0197. The van der Waals surface area contributed by atoms with E-state index in [1.807, 2.05) is 18.4 Å². The first-order chi connectivity index (χ1) is 12.6. The Labute approximate surface area is 158 Å². The zero-order chi connectivity index (χ0) is 19.9. The Morgan fingerprint density at radius 1 is 1.22 bits per heavy atom. The van der Waals surface area contributed by atoms with Gasteiger partial charge in [-0.05, 0) is 56.5 Å². The van der Waals surface area contributed by atoms with Crippen LogP contribution in [0.15, 0.2) is 35.2 Å². The number of rotatable bonds is 6. The number of hydrogen-bond donors (Lipinski definition) is 1. The molecular formula is C19H22N2O5S. The lowest BCUT2D eigenvalue weighted by Crippen LogP contribution is -2.16. The molecule has 1 saturated carbocycles. The van der Waals surface area contributed by atoms with Gasteiger partial charge in [-0.2, -0.15) is 0 Å². The molecule has 2 atom stereocenters. The number of carbonyl (C=O) groups is 2. The molecule has 3 rings (SSSR count). The summed E-state index contributed by atoms with van der Waals surface area (Å²) in [6.07, 6.45) is 0.816. The van der Waals surface area contributed by atoms with Crippen LogP contribution in [0.4, 0.5) is 0 Å². The summed E-state index contributed by atoms with van der Waals surface area (Å²) in [5.74, 6) is -0.332. The van der Waals surface area contributed by atoms with Crippen molar-refractivity contribution in [3.05, 3.63) is 47.3 Å². The number of sulfonamides is 1. The molecule has 0 saturated heterocycles. The van der Waals surface area contributed by atoms with E-state index in [0.29, 0.717) is 22.9 Å². The summed E-state index contributed by atoms with van der Waals surface area (Å²) < 4.78 is 29.8. The van der Waals surface area contributed by atoms with Gasteiger partial charge in [-0.1, -0.05) is 6.92 Å². The van der Waals surface area contributed by atoms with Crippen molar-refractivity contribution in [2.45, 2.75) is 32.1 Å². The van der Waals surface area contributed by atoms with Gasteiger partial charge in [0, 0.05) is 22.6 Å². The summed E-state index contributed by atoms with van der Waals surface area (Å²) in [5.41, 5.74) is 2.68. The molecule has 8 heteroatoms. The Morgan fingerprint density at radius 3 is 2.33 bits per heavy atom. The second-order valence-corrected chi connectivity index (χ2v) is 8.57. The van der Waals surface area contributed by atoms with E-state index in [1.54, 1.807) is 25.1 Å². The third-order valence-corrected chi connectivity index (χ3v) is 5.84. The molecular weight excluding hydrogens is 368 g/mol. The first-order valence-corrected chi connectivity index (χ1v) is 10.2. The number of nitrogens with zero attached hydrogens (tertiary/aromatic N) is 1. The third-order valence-electron chi connectivity index (χ3n) is 4.91. The van der Waals surface area contributed by atoms with E-state index in [4.69, 9.17) is 9.88 Å². The molecule has 1 aromatic carbocycles. The quantitative estimate of drug-likeness (QED) is 0.600. The second-order valence-electron chi connectivity index (χ2n) is 7.01. The highest BCUT2D eigenvalue weighted by atomic mass is 32.2. The maximum atomic E-state index is 12.5. The number of ketones is 1. The fourth-order valence-corrected chi connectivity index (χ4v) is 3.71. The maximum Gasteiger partial charge on any atom is 0.309 e. The highest BCUT2D eigenvalue weighted by Gasteiger charge is 2.40. The van der Waals surface area contributed by atoms with Crippen molar-refractivity contribution in [3.63, 3.8) is 0 Å². The lowest BCUT2D eigenvalue weighted by molar-refractivity contribution is -0.144. The Balaban J connectivity index is 1.80. The number of benzene rings is 1. The van der Waals surface area contributed by atoms with Crippen LogP contribution < -0.4 is 5.14 Å². The number of hydrogen-bond acceptors (Lipinski definition) is 5. The standard InChI is InChI=1S/C19H22N2O5S/c1-11-8-16(11)19(23)26-10-18(22)17-9-12(2)21(13(17)3)14-4-6-15(7-5-14)27(20,24)25/h4-7,9,11,16H,8,10H2,1-3H3,(H2,20,24,25)/t11-,16-/m0/s1. The van der Waals surface area contributed by atoms with E-state index in [9.17, 15) is 18.0 Å². The van der Waals surface area contributed by atoms with Crippen LogP contribution in [-0.2, 0) is 19.6 Å². The minimum atomic E-state index is -3.76. The summed E-state index contributed by atoms with van der Waals surface area (Å²) in [6, 6.07) is 7.83. The van der Waals surface area contributed by atoms with Gasteiger partial charge < -0.3 is 9.30 Å². The number of ether oxygens (including phenoxy) is 1. The SMILES string of the molecule is Cc1cc(C(=O)COC(=O)[C@H]2C[C@@H]2C)c(C)n1-c1ccc(S(N)(=O)=O)cc1. The largest absolute Gasteiger partial charge is 0.457 e. The van der Waals surface area contributed by atoms with Gasteiger partial charge in [0.1, 0.15) is 0 Å². The normalized spacial score (nSPS) is 19.0. The molecule has 7 nitrogen and oxygen atoms in total. The Hall–Kier alpha value is -2.45. The van der Waals surface area contributed by atoms with Gasteiger partial charge in [0.25, 0.3) is 0 Å². The number of esters is 1. The van der Waals surface area contributed by atoms with Crippen molar-refractivity contribution in [1.29, 1.82) is 0 Å². The molecule has 0 radical (unpaired) electrons. The van der Waals surface area contributed by atoms with Crippen LogP contribution in [-0.4, -0.2) is 31.3 Å². The molecule has 27 heavy (non-hydrogen) atoms. The number of nitrogens with two attached hydrogens (primary N) is 1. The van der Waals surface area contributed by atoms with Crippen LogP contribution in [0.3, 0.4) is 0 Å². The maximum absolute atomic E-state index is 12.5. The minimum Gasteiger partial charge on any atom is -0.457 e. The van der Waals surface area contributed by atoms with Gasteiger partial charge in [0.15, 0.2) is 6.61 Å². The van der Waals surface area contributed by atoms with Gasteiger partial charge in [-0.3, -0.25) is 9.59 Å². The number of Topliss-reactive ketones (excluding diaryl/α,β-unsaturated/α-hetero) is 1. The van der Waals surface area contributed by atoms with Gasteiger partial charge >= 0.3 is 5.97 Å². The van der Waals surface area contributed by atoms with E-state index in [2.05, 4.69) is 0 Å². The van der Waals surface area contributed by atoms with Gasteiger partial charge in [-0.15, -0.1) is 0 Å². The van der Waals surface area contributed by atoms with Crippen molar-refractivity contribution >= 4 is 21.8 Å². The molecule has 1 fully saturated rings. The van der Waals surface area contributed by atoms with Crippen molar-refractivity contribution in [1.82, 2.24) is 4.57 Å². The molecule has 144 valence electrons. The van der Waals surface area contributed by atoms with Crippen molar-refractivity contribution in [2.24, 2.45) is 17.0 Å². The number of carbonyl (C=O) groups excluding carboxylic acids is 2. The van der Waals surface area contributed by atoms with E-state index in [0.717, 1.165) is 12.1 Å². The van der Waals surface area contributed by atoms with Gasteiger partial charge in [0.2, 0.25) is 15.8 Å². The fraction of sp³-hybridized carbons (Fsp3) is 0.368. The van der Waals surface area contributed by atoms with Crippen LogP contribution in [0.1, 0.15) is 35.1 Å². The van der Waals surface area contributed by atoms with E-state index in [-0.39, 0.29) is 29.2 Å². The molecule has 0 spiro atoms. The summed E-state index contributed by atoms with van der Waals surface area (Å²) >= 11 is 0. The summed E-state index contributed by atoms with van der Waals surface area (Å²) in [4.78, 5) is 24.3. The molecule has 1 heterocycles. The molecule has 1 aromatic heterocycles. The van der Waals surface area contributed by atoms with Crippen LogP contribution >= 0.6 is 0 Å². The smallest absolute Gasteiger partial charge is 0.309 e. The topological polar surface area (TPSA) is 108 Å². The highest BCUT2D eigenvalue weighted by molar-refractivity contribution is 7.89. The Bertz CT molecular complexity index is 1010. The molecule has 2 N–H and O–H groups in total. The number of aryl methyl sites for hydroxylation is 1. The monoisotopic (exact) mass is 390 g/mol. The predicted octanol–water partition coefficient (Wildman–Crippen LogP) is 2.12. The first-order valence-electron chi connectivity index (χ1n) is 8.61. The van der Waals surface area contributed by atoms with E-state index < -0.39 is 10.0 Å². The van der Waals surface area contributed by atoms with Crippen molar-refractivity contribution < 1.29 is 22.7 Å².